The van der Waals surface area contributed by atoms with E-state index in [9.17, 15) is 4.79 Å². The highest BCUT2D eigenvalue weighted by molar-refractivity contribution is 6.33. The Morgan fingerprint density at radius 3 is 2.67 bits per heavy atom. The van der Waals surface area contributed by atoms with Crippen LogP contribution >= 0.6 is 11.6 Å². The number of piperazine rings is 1. The summed E-state index contributed by atoms with van der Waals surface area (Å²) in [6.07, 6.45) is 1.35. The van der Waals surface area contributed by atoms with Crippen LogP contribution < -0.4 is 4.90 Å². The first kappa shape index (κ1) is 13.0. The number of aromatic nitrogens is 2. The Labute approximate surface area is 110 Å². The lowest BCUT2D eigenvalue weighted by molar-refractivity contribution is 0.0690. The quantitative estimate of drug-likeness (QED) is 0.883. The van der Waals surface area contributed by atoms with E-state index in [1.807, 2.05) is 4.90 Å². The highest BCUT2D eigenvalue weighted by atomic mass is 35.5. The van der Waals surface area contributed by atoms with Crippen LogP contribution in [0.4, 0.5) is 5.95 Å². The number of anilines is 1. The maximum atomic E-state index is 11.0. The van der Waals surface area contributed by atoms with Gasteiger partial charge in [0.1, 0.15) is 0 Å². The molecule has 0 saturated carbocycles. The predicted molar refractivity (Wildman–Crippen MR) is 68.3 cm³/mol. The van der Waals surface area contributed by atoms with Crippen molar-refractivity contribution >= 4 is 23.5 Å². The van der Waals surface area contributed by atoms with Gasteiger partial charge in [0.25, 0.3) is 0 Å². The molecule has 7 heteroatoms. The Balaban J connectivity index is 2.15. The van der Waals surface area contributed by atoms with Crippen LogP contribution in [-0.4, -0.2) is 58.7 Å². The van der Waals surface area contributed by atoms with Crippen LogP contribution in [0, 0.1) is 0 Å². The van der Waals surface area contributed by atoms with Crippen LogP contribution in [0.2, 0.25) is 5.02 Å². The fourth-order valence-electron chi connectivity index (χ4n) is 1.92. The number of likely N-dealkylation sites (N-methyl/N-ethyl adjacent to an activating group) is 1. The van der Waals surface area contributed by atoms with Gasteiger partial charge in [-0.3, -0.25) is 0 Å². The van der Waals surface area contributed by atoms with Crippen LogP contribution in [0.25, 0.3) is 0 Å². The summed E-state index contributed by atoms with van der Waals surface area (Å²) in [4.78, 5) is 23.4. The van der Waals surface area contributed by atoms with Gasteiger partial charge in [0.2, 0.25) is 5.95 Å². The van der Waals surface area contributed by atoms with Gasteiger partial charge in [-0.1, -0.05) is 18.5 Å². The van der Waals surface area contributed by atoms with Crippen LogP contribution in [-0.2, 0) is 0 Å². The molecule has 2 rings (SSSR count). The molecule has 0 radical (unpaired) electrons. The van der Waals surface area contributed by atoms with Crippen molar-refractivity contribution in [2.75, 3.05) is 37.6 Å². The lowest BCUT2D eigenvalue weighted by Crippen LogP contribution is -2.46. The lowest BCUT2D eigenvalue weighted by Gasteiger charge is -2.34. The average molecular weight is 271 g/mol. The monoisotopic (exact) mass is 270 g/mol. The standard InChI is InChI=1S/C11H15ClN4O2/c1-2-15-3-5-16(6-4-15)11-13-7-8(12)9(14-11)10(17)18/h7H,2-6H2,1H3,(H,17,18). The fourth-order valence-corrected chi connectivity index (χ4v) is 2.10. The summed E-state index contributed by atoms with van der Waals surface area (Å²) in [5.74, 6) is -0.691. The number of hydrogen-bond acceptors (Lipinski definition) is 5. The minimum atomic E-state index is -1.13. The second-order valence-corrected chi connectivity index (χ2v) is 4.50. The maximum Gasteiger partial charge on any atom is 0.356 e. The topological polar surface area (TPSA) is 69.6 Å². The summed E-state index contributed by atoms with van der Waals surface area (Å²) in [6.45, 7) is 6.62. The van der Waals surface area contributed by atoms with E-state index in [0.29, 0.717) is 5.95 Å². The van der Waals surface area contributed by atoms with Gasteiger partial charge in [-0.05, 0) is 6.54 Å². The number of carboxylic acids is 1. The molecule has 0 bridgehead atoms. The molecule has 1 N–H and O–H groups in total. The number of halogens is 1. The SMILES string of the molecule is CCN1CCN(c2ncc(Cl)c(C(=O)O)n2)CC1. The molecule has 1 saturated heterocycles. The smallest absolute Gasteiger partial charge is 0.356 e. The number of carbonyl (C=O) groups is 1. The third-order valence-corrected chi connectivity index (χ3v) is 3.31. The second kappa shape index (κ2) is 5.49. The zero-order valence-electron chi connectivity index (χ0n) is 10.1. The van der Waals surface area contributed by atoms with E-state index in [0.717, 1.165) is 32.7 Å². The second-order valence-electron chi connectivity index (χ2n) is 4.09. The first-order chi connectivity index (χ1) is 8.61. The first-order valence-electron chi connectivity index (χ1n) is 5.85. The molecular weight excluding hydrogens is 256 g/mol. The van der Waals surface area contributed by atoms with Crippen molar-refractivity contribution < 1.29 is 9.90 Å². The van der Waals surface area contributed by atoms with Crippen LogP contribution in [0.1, 0.15) is 17.4 Å². The number of rotatable bonds is 3. The molecule has 1 aromatic heterocycles. The summed E-state index contributed by atoms with van der Waals surface area (Å²) in [6, 6.07) is 0. The molecule has 0 unspecified atom stereocenters. The molecule has 18 heavy (non-hydrogen) atoms. The third kappa shape index (κ3) is 2.70. The van der Waals surface area contributed by atoms with Gasteiger partial charge in [-0.2, -0.15) is 0 Å². The average Bonchev–Trinajstić information content (AvgIpc) is 2.39. The molecule has 0 aromatic carbocycles. The van der Waals surface area contributed by atoms with Crippen molar-refractivity contribution in [1.29, 1.82) is 0 Å². The lowest BCUT2D eigenvalue weighted by atomic mass is 10.3. The third-order valence-electron chi connectivity index (χ3n) is 3.04. The zero-order chi connectivity index (χ0) is 13.1. The molecule has 0 aliphatic carbocycles. The molecular formula is C11H15ClN4O2. The van der Waals surface area contributed by atoms with Gasteiger partial charge in [0.15, 0.2) is 5.69 Å². The Kier molecular flexibility index (Phi) is 3.98. The molecule has 1 aromatic rings. The normalized spacial score (nSPS) is 16.9. The van der Waals surface area contributed by atoms with Crippen LogP contribution in [0.3, 0.4) is 0 Å². The molecule has 6 nitrogen and oxygen atoms in total. The fraction of sp³-hybridized carbons (Fsp3) is 0.545. The first-order valence-corrected chi connectivity index (χ1v) is 6.22. The molecule has 98 valence electrons. The Morgan fingerprint density at radius 1 is 1.44 bits per heavy atom. The predicted octanol–water partition coefficient (Wildman–Crippen LogP) is 0.970. The number of hydrogen-bond donors (Lipinski definition) is 1. The van der Waals surface area contributed by atoms with Crippen molar-refractivity contribution in [1.82, 2.24) is 14.9 Å². The van der Waals surface area contributed by atoms with Gasteiger partial charge < -0.3 is 14.9 Å². The highest BCUT2D eigenvalue weighted by Gasteiger charge is 2.20. The molecule has 0 amide bonds. The zero-order valence-corrected chi connectivity index (χ0v) is 10.9. The number of carboxylic acid groups (broad SMARTS) is 1. The van der Waals surface area contributed by atoms with E-state index in [4.69, 9.17) is 16.7 Å². The maximum absolute atomic E-state index is 11.0. The highest BCUT2D eigenvalue weighted by Crippen LogP contribution is 2.17. The van der Waals surface area contributed by atoms with Crippen molar-refractivity contribution in [2.45, 2.75) is 6.92 Å². The van der Waals surface area contributed by atoms with E-state index >= 15 is 0 Å². The van der Waals surface area contributed by atoms with Gasteiger partial charge in [-0.25, -0.2) is 14.8 Å². The van der Waals surface area contributed by atoms with Crippen LogP contribution in [0.5, 0.6) is 0 Å². The Bertz CT molecular complexity index is 447. The number of aromatic carboxylic acids is 1. The molecule has 0 atom stereocenters. The minimum absolute atomic E-state index is 0.0680. The van der Waals surface area contributed by atoms with E-state index in [1.165, 1.54) is 6.20 Å². The van der Waals surface area contributed by atoms with Gasteiger partial charge in [0, 0.05) is 26.2 Å². The van der Waals surface area contributed by atoms with Crippen LogP contribution in [0.15, 0.2) is 6.20 Å². The van der Waals surface area contributed by atoms with Crippen molar-refractivity contribution in [2.24, 2.45) is 0 Å². The molecule has 2 heterocycles. The largest absolute Gasteiger partial charge is 0.476 e. The van der Waals surface area contributed by atoms with Crippen molar-refractivity contribution in [3.8, 4) is 0 Å². The molecule has 1 aliphatic rings. The molecule has 0 spiro atoms. The molecule has 1 aliphatic heterocycles. The van der Waals surface area contributed by atoms with E-state index in [1.54, 1.807) is 0 Å². The Hall–Kier alpha value is -1.40. The van der Waals surface area contributed by atoms with E-state index in [-0.39, 0.29) is 10.7 Å². The number of nitrogens with zero attached hydrogens (tertiary/aromatic N) is 4. The summed E-state index contributed by atoms with van der Waals surface area (Å²) in [7, 11) is 0. The molecule has 1 fully saturated rings. The summed E-state index contributed by atoms with van der Waals surface area (Å²) >= 11 is 5.74. The van der Waals surface area contributed by atoms with Gasteiger partial charge >= 0.3 is 5.97 Å². The van der Waals surface area contributed by atoms with E-state index < -0.39 is 5.97 Å². The van der Waals surface area contributed by atoms with Gasteiger partial charge in [0.05, 0.1) is 11.2 Å². The van der Waals surface area contributed by atoms with Gasteiger partial charge in [-0.15, -0.1) is 0 Å². The summed E-state index contributed by atoms with van der Waals surface area (Å²) in [5, 5.41) is 9.04. The van der Waals surface area contributed by atoms with E-state index in [2.05, 4.69) is 21.8 Å². The summed E-state index contributed by atoms with van der Waals surface area (Å²) < 4.78 is 0. The minimum Gasteiger partial charge on any atom is -0.476 e. The Morgan fingerprint density at radius 2 is 2.11 bits per heavy atom. The summed E-state index contributed by atoms with van der Waals surface area (Å²) in [5.41, 5.74) is -0.139. The van der Waals surface area contributed by atoms with Crippen molar-refractivity contribution in [3.63, 3.8) is 0 Å². The van der Waals surface area contributed by atoms with Crippen molar-refractivity contribution in [3.05, 3.63) is 16.9 Å².